The maximum atomic E-state index is 11.8. The Morgan fingerprint density at radius 2 is 1.72 bits per heavy atom. The first-order valence-corrected chi connectivity index (χ1v) is 8.62. The Bertz CT molecular complexity index is 526. The van der Waals surface area contributed by atoms with Gasteiger partial charge in [0.15, 0.2) is 5.96 Å². The van der Waals surface area contributed by atoms with Gasteiger partial charge in [-0.05, 0) is 25.3 Å². The minimum Gasteiger partial charge on any atom is -0.355 e. The highest BCUT2D eigenvalue weighted by Crippen LogP contribution is 2.11. The number of rotatable bonds is 7. The molecule has 0 spiro atoms. The summed E-state index contributed by atoms with van der Waals surface area (Å²) in [5, 5.41) is 9.53. The fraction of sp³-hybridized carbons (Fsp3) is 0.579. The van der Waals surface area contributed by atoms with Gasteiger partial charge in [-0.2, -0.15) is 0 Å². The zero-order chi connectivity index (χ0) is 18.0. The summed E-state index contributed by atoms with van der Waals surface area (Å²) in [5.74, 6) is 0.823. The fourth-order valence-corrected chi connectivity index (χ4v) is 2.15. The van der Waals surface area contributed by atoms with Gasteiger partial charge in [-0.25, -0.2) is 0 Å². The van der Waals surface area contributed by atoms with Gasteiger partial charge in [-0.1, -0.05) is 51.1 Å². The van der Waals surface area contributed by atoms with Gasteiger partial charge in [-0.3, -0.25) is 9.79 Å². The number of aryl methyl sites for hydroxylation is 1. The largest absolute Gasteiger partial charge is 0.355 e. The number of nitrogens with one attached hydrogen (secondary N) is 3. The molecule has 1 rings (SSSR count). The first kappa shape index (κ1) is 23.7. The number of hydrogen-bond acceptors (Lipinski definition) is 2. The molecule has 5 nitrogen and oxygen atoms in total. The smallest absolute Gasteiger partial charge is 0.225 e. The lowest BCUT2D eigenvalue weighted by Gasteiger charge is -2.20. The topological polar surface area (TPSA) is 65.5 Å². The van der Waals surface area contributed by atoms with E-state index < -0.39 is 0 Å². The third-order valence-corrected chi connectivity index (χ3v) is 3.70. The van der Waals surface area contributed by atoms with Crippen molar-refractivity contribution in [2.24, 2.45) is 10.4 Å². The molecule has 1 aromatic rings. The molecule has 0 fully saturated rings. The Hall–Kier alpha value is -1.31. The van der Waals surface area contributed by atoms with E-state index in [1.54, 1.807) is 7.05 Å². The molecule has 0 heterocycles. The summed E-state index contributed by atoms with van der Waals surface area (Å²) in [6.45, 7) is 9.10. The number of nitrogens with zero attached hydrogens (tertiary/aromatic N) is 1. The number of carbonyl (C=O) groups is 1. The number of halogens is 1. The summed E-state index contributed by atoms with van der Waals surface area (Å²) < 4.78 is 0. The normalized spacial score (nSPS) is 12.8. The molecule has 0 aromatic heterocycles. The van der Waals surface area contributed by atoms with Gasteiger partial charge < -0.3 is 16.0 Å². The summed E-state index contributed by atoms with van der Waals surface area (Å²) in [7, 11) is 1.76. The van der Waals surface area contributed by atoms with E-state index in [4.69, 9.17) is 0 Å². The van der Waals surface area contributed by atoms with Crippen LogP contribution in [0.2, 0.25) is 0 Å². The Morgan fingerprint density at radius 1 is 1.12 bits per heavy atom. The van der Waals surface area contributed by atoms with Crippen molar-refractivity contribution in [2.45, 2.75) is 46.6 Å². The van der Waals surface area contributed by atoms with Crippen molar-refractivity contribution in [3.63, 3.8) is 0 Å². The van der Waals surface area contributed by atoms with Crippen molar-refractivity contribution in [1.29, 1.82) is 0 Å². The lowest BCUT2D eigenvalue weighted by molar-refractivity contribution is -0.128. The van der Waals surface area contributed by atoms with Crippen LogP contribution in [-0.4, -0.2) is 38.0 Å². The molecule has 0 saturated carbocycles. The first-order valence-electron chi connectivity index (χ1n) is 8.62. The van der Waals surface area contributed by atoms with E-state index in [1.165, 1.54) is 5.56 Å². The Kier molecular flexibility index (Phi) is 11.5. The molecule has 6 heteroatoms. The van der Waals surface area contributed by atoms with E-state index in [1.807, 2.05) is 26.8 Å². The Balaban J connectivity index is 0.00000576. The maximum absolute atomic E-state index is 11.8. The van der Waals surface area contributed by atoms with E-state index >= 15 is 0 Å². The van der Waals surface area contributed by atoms with Crippen LogP contribution in [0.5, 0.6) is 0 Å². The summed E-state index contributed by atoms with van der Waals surface area (Å²) in [6.07, 6.45) is 2.07. The Morgan fingerprint density at radius 3 is 2.28 bits per heavy atom. The van der Waals surface area contributed by atoms with E-state index in [-0.39, 0.29) is 35.3 Å². The van der Waals surface area contributed by atoms with Crippen LogP contribution in [-0.2, 0) is 11.2 Å². The average molecular weight is 460 g/mol. The van der Waals surface area contributed by atoms with Gasteiger partial charge in [0, 0.05) is 31.6 Å². The molecule has 0 saturated heterocycles. The highest BCUT2D eigenvalue weighted by atomic mass is 127. The van der Waals surface area contributed by atoms with E-state index in [0.717, 1.165) is 18.8 Å². The van der Waals surface area contributed by atoms with Crippen LogP contribution in [0.4, 0.5) is 0 Å². The van der Waals surface area contributed by atoms with Crippen LogP contribution in [0.3, 0.4) is 0 Å². The SMILES string of the molecule is CN=C(NCCNC(=O)C(C)(C)C)NC(C)CCc1ccccc1.I. The van der Waals surface area contributed by atoms with Crippen LogP contribution in [0.25, 0.3) is 0 Å². The molecule has 0 aliphatic carbocycles. The highest BCUT2D eigenvalue weighted by molar-refractivity contribution is 14.0. The quantitative estimate of drug-likeness (QED) is 0.254. The summed E-state index contributed by atoms with van der Waals surface area (Å²) in [5.41, 5.74) is 0.991. The van der Waals surface area contributed by atoms with Crippen LogP contribution in [0.1, 0.15) is 39.7 Å². The van der Waals surface area contributed by atoms with Crippen LogP contribution in [0.15, 0.2) is 35.3 Å². The number of guanidine groups is 1. The fourth-order valence-electron chi connectivity index (χ4n) is 2.15. The van der Waals surface area contributed by atoms with Crippen molar-refractivity contribution in [3.05, 3.63) is 35.9 Å². The van der Waals surface area contributed by atoms with Crippen LogP contribution in [0, 0.1) is 5.41 Å². The molecular weight excluding hydrogens is 427 g/mol. The second-order valence-electron chi connectivity index (χ2n) is 7.07. The molecule has 1 atom stereocenters. The van der Waals surface area contributed by atoms with E-state index in [9.17, 15) is 4.79 Å². The second-order valence-corrected chi connectivity index (χ2v) is 7.07. The van der Waals surface area contributed by atoms with Crippen LogP contribution >= 0.6 is 24.0 Å². The van der Waals surface area contributed by atoms with Crippen molar-refractivity contribution in [1.82, 2.24) is 16.0 Å². The van der Waals surface area contributed by atoms with E-state index in [2.05, 4.69) is 52.1 Å². The van der Waals surface area contributed by atoms with Gasteiger partial charge >= 0.3 is 0 Å². The zero-order valence-electron chi connectivity index (χ0n) is 16.1. The van der Waals surface area contributed by atoms with Gasteiger partial charge in [0.05, 0.1) is 0 Å². The molecule has 142 valence electrons. The number of hydrogen-bond donors (Lipinski definition) is 3. The maximum Gasteiger partial charge on any atom is 0.225 e. The molecule has 1 aromatic carbocycles. The second kappa shape index (κ2) is 12.1. The van der Waals surface area contributed by atoms with Gasteiger partial charge in [0.1, 0.15) is 0 Å². The van der Waals surface area contributed by atoms with Gasteiger partial charge in [0.2, 0.25) is 5.91 Å². The summed E-state index contributed by atoms with van der Waals surface area (Å²) >= 11 is 0. The predicted molar refractivity (Wildman–Crippen MR) is 117 cm³/mol. The number of carbonyl (C=O) groups excluding carboxylic acids is 1. The molecule has 3 N–H and O–H groups in total. The third-order valence-electron chi connectivity index (χ3n) is 3.70. The standard InChI is InChI=1S/C19H32N4O.HI/c1-15(11-12-16-9-7-6-8-10-16)23-18(20-5)22-14-13-21-17(24)19(2,3)4;/h6-10,15H,11-14H2,1-5H3,(H,21,24)(H2,20,22,23);1H. The monoisotopic (exact) mass is 460 g/mol. The van der Waals surface area contributed by atoms with Gasteiger partial charge in [0.25, 0.3) is 0 Å². The number of aliphatic imine (C=N–C) groups is 1. The highest BCUT2D eigenvalue weighted by Gasteiger charge is 2.20. The average Bonchev–Trinajstić information content (AvgIpc) is 2.55. The van der Waals surface area contributed by atoms with Crippen molar-refractivity contribution in [2.75, 3.05) is 20.1 Å². The molecular formula is C19H33IN4O. The lowest BCUT2D eigenvalue weighted by Crippen LogP contribution is -2.46. The Labute approximate surface area is 169 Å². The number of amides is 1. The van der Waals surface area contributed by atoms with Crippen molar-refractivity contribution in [3.8, 4) is 0 Å². The molecule has 0 aliphatic rings. The molecule has 0 bridgehead atoms. The zero-order valence-corrected chi connectivity index (χ0v) is 18.4. The predicted octanol–water partition coefficient (Wildman–Crippen LogP) is 2.95. The summed E-state index contributed by atoms with van der Waals surface area (Å²) in [4.78, 5) is 16.0. The summed E-state index contributed by atoms with van der Waals surface area (Å²) in [6, 6.07) is 10.8. The molecule has 0 aliphatic heterocycles. The molecule has 1 unspecified atom stereocenters. The molecule has 1 amide bonds. The van der Waals surface area contributed by atoms with Crippen LogP contribution < -0.4 is 16.0 Å². The number of benzene rings is 1. The molecule has 0 radical (unpaired) electrons. The van der Waals surface area contributed by atoms with Crippen molar-refractivity contribution >= 4 is 35.8 Å². The first-order chi connectivity index (χ1) is 11.3. The van der Waals surface area contributed by atoms with Gasteiger partial charge in [-0.15, -0.1) is 24.0 Å². The minimum absolute atomic E-state index is 0. The van der Waals surface area contributed by atoms with E-state index in [0.29, 0.717) is 19.1 Å². The lowest BCUT2D eigenvalue weighted by atomic mass is 9.96. The van der Waals surface area contributed by atoms with Crippen molar-refractivity contribution < 1.29 is 4.79 Å². The molecule has 25 heavy (non-hydrogen) atoms. The third kappa shape index (κ3) is 10.3. The minimum atomic E-state index is -0.355.